The van der Waals surface area contributed by atoms with E-state index in [1.807, 2.05) is 22.9 Å². The molecule has 0 radical (unpaired) electrons. The van der Waals surface area contributed by atoms with Crippen molar-refractivity contribution in [3.05, 3.63) is 41.1 Å². The van der Waals surface area contributed by atoms with E-state index in [1.165, 1.54) is 0 Å². The van der Waals surface area contributed by atoms with E-state index in [0.29, 0.717) is 5.92 Å². The molecule has 0 unspecified atom stereocenters. The lowest BCUT2D eigenvalue weighted by Crippen LogP contribution is -2.26. The molecule has 0 saturated heterocycles. The second kappa shape index (κ2) is 5.43. The lowest BCUT2D eigenvalue weighted by Gasteiger charge is -2.28. The summed E-state index contributed by atoms with van der Waals surface area (Å²) >= 11 is 0. The van der Waals surface area contributed by atoms with E-state index in [2.05, 4.69) is 21.0 Å². The van der Waals surface area contributed by atoms with Crippen molar-refractivity contribution in [2.75, 3.05) is 0 Å². The summed E-state index contributed by atoms with van der Waals surface area (Å²) in [4.78, 5) is 22.9. The van der Waals surface area contributed by atoms with E-state index in [4.69, 9.17) is 5.26 Å². The van der Waals surface area contributed by atoms with Crippen LogP contribution < -0.4 is 5.69 Å². The van der Waals surface area contributed by atoms with Crippen LogP contribution in [0.1, 0.15) is 31.7 Å². The summed E-state index contributed by atoms with van der Waals surface area (Å²) in [5, 5.41) is 9.69. The first kappa shape index (κ1) is 13.8. The van der Waals surface area contributed by atoms with E-state index >= 15 is 0 Å². The number of hydrogen-bond acceptors (Lipinski definition) is 3. The number of H-pyrrole nitrogens is 2. The molecule has 6 nitrogen and oxygen atoms in total. The SMILES string of the molecule is N#CC=C[C@H]1CCC[C@H](n2c(=O)[nH]c3cnc4[nH]ccc4c32)C1. The van der Waals surface area contributed by atoms with Crippen LogP contribution in [-0.2, 0) is 0 Å². The van der Waals surface area contributed by atoms with Gasteiger partial charge in [-0.25, -0.2) is 9.78 Å². The van der Waals surface area contributed by atoms with Crippen molar-refractivity contribution in [2.24, 2.45) is 5.92 Å². The van der Waals surface area contributed by atoms with E-state index in [0.717, 1.165) is 47.8 Å². The molecule has 1 fully saturated rings. The Labute approximate surface area is 132 Å². The maximum atomic E-state index is 12.5. The number of nitrogens with zero attached hydrogens (tertiary/aromatic N) is 3. The second-order valence-corrected chi connectivity index (χ2v) is 6.13. The van der Waals surface area contributed by atoms with Gasteiger partial charge in [-0.1, -0.05) is 12.5 Å². The third kappa shape index (κ3) is 2.25. The average Bonchev–Trinajstić information content (AvgIpc) is 3.16. The first-order valence-electron chi connectivity index (χ1n) is 7.90. The summed E-state index contributed by atoms with van der Waals surface area (Å²) in [6.07, 6.45) is 11.1. The number of fused-ring (bicyclic) bond motifs is 3. The molecule has 1 aliphatic rings. The molecule has 0 spiro atoms. The molecule has 1 aliphatic carbocycles. The minimum atomic E-state index is -0.0783. The topological polar surface area (TPSA) is 90.3 Å². The van der Waals surface area contributed by atoms with Gasteiger partial charge in [0.15, 0.2) is 0 Å². The lowest BCUT2D eigenvalue weighted by atomic mass is 9.85. The number of imidazole rings is 1. The molecule has 0 bridgehead atoms. The first-order chi connectivity index (χ1) is 11.3. The highest BCUT2D eigenvalue weighted by Gasteiger charge is 2.25. The maximum absolute atomic E-state index is 12.5. The largest absolute Gasteiger partial charge is 0.346 e. The van der Waals surface area contributed by atoms with Crippen molar-refractivity contribution < 1.29 is 0 Å². The number of hydrogen-bond donors (Lipinski definition) is 2. The quantitative estimate of drug-likeness (QED) is 0.713. The maximum Gasteiger partial charge on any atom is 0.326 e. The standard InChI is InChI=1S/C17H17N5O/c18-7-2-4-11-3-1-5-12(9-11)22-15-13-6-8-19-16(13)20-10-14(15)21-17(22)23/h2,4,6,8,10-12H,1,3,5,9H2,(H,19,20)(H,21,23)/t11-,12+/m1/s1. The fourth-order valence-corrected chi connectivity index (χ4v) is 3.76. The molecule has 23 heavy (non-hydrogen) atoms. The summed E-state index contributed by atoms with van der Waals surface area (Å²) in [6, 6.07) is 4.17. The van der Waals surface area contributed by atoms with E-state index in [1.54, 1.807) is 12.3 Å². The molecule has 1 saturated carbocycles. The number of nitriles is 1. The number of aromatic nitrogens is 4. The molecule has 116 valence electrons. The summed E-state index contributed by atoms with van der Waals surface area (Å²) in [7, 11) is 0. The minimum absolute atomic E-state index is 0.0783. The highest BCUT2D eigenvalue weighted by molar-refractivity contribution is 6.00. The van der Waals surface area contributed by atoms with Crippen LogP contribution in [0, 0.1) is 17.2 Å². The highest BCUT2D eigenvalue weighted by Crippen LogP contribution is 2.35. The molecule has 3 aromatic rings. The van der Waals surface area contributed by atoms with Gasteiger partial charge in [-0.3, -0.25) is 4.57 Å². The zero-order chi connectivity index (χ0) is 15.8. The fraction of sp³-hybridized carbons (Fsp3) is 0.353. The zero-order valence-electron chi connectivity index (χ0n) is 12.6. The minimum Gasteiger partial charge on any atom is -0.346 e. The Morgan fingerprint density at radius 1 is 1.43 bits per heavy atom. The van der Waals surface area contributed by atoms with E-state index in [-0.39, 0.29) is 11.7 Å². The summed E-state index contributed by atoms with van der Waals surface area (Å²) in [6.45, 7) is 0. The predicted octanol–water partition coefficient (Wildman–Crippen LogP) is 3.02. The molecule has 3 heterocycles. The van der Waals surface area contributed by atoms with Crippen molar-refractivity contribution in [3.8, 4) is 6.07 Å². The van der Waals surface area contributed by atoms with Crippen molar-refractivity contribution in [1.82, 2.24) is 19.5 Å². The molecule has 6 heteroatoms. The molecule has 0 aliphatic heterocycles. The van der Waals surface area contributed by atoms with Crippen molar-refractivity contribution in [3.63, 3.8) is 0 Å². The summed E-state index contributed by atoms with van der Waals surface area (Å²) < 4.78 is 1.89. The normalized spacial score (nSPS) is 22.0. The van der Waals surface area contributed by atoms with Crippen LogP contribution in [0.15, 0.2) is 35.4 Å². The smallest absolute Gasteiger partial charge is 0.326 e. The predicted molar refractivity (Wildman–Crippen MR) is 88.0 cm³/mol. The van der Waals surface area contributed by atoms with Crippen LogP contribution in [0.5, 0.6) is 0 Å². The molecule has 0 amide bonds. The number of pyridine rings is 1. The van der Waals surface area contributed by atoms with Crippen LogP contribution >= 0.6 is 0 Å². The van der Waals surface area contributed by atoms with Gasteiger partial charge in [-0.15, -0.1) is 0 Å². The Hall–Kier alpha value is -2.81. The molecule has 2 atom stereocenters. The molecule has 3 aromatic heterocycles. The van der Waals surface area contributed by atoms with E-state index < -0.39 is 0 Å². The monoisotopic (exact) mass is 307 g/mol. The van der Waals surface area contributed by atoms with Crippen LogP contribution in [0.4, 0.5) is 0 Å². The van der Waals surface area contributed by atoms with Crippen LogP contribution in [0.2, 0.25) is 0 Å². The van der Waals surface area contributed by atoms with Gasteiger partial charge in [-0.2, -0.15) is 5.26 Å². The molecular formula is C17H17N5O. The van der Waals surface area contributed by atoms with Gasteiger partial charge in [0, 0.05) is 23.7 Å². The summed E-state index contributed by atoms with van der Waals surface area (Å²) in [5.41, 5.74) is 2.42. The van der Waals surface area contributed by atoms with Crippen molar-refractivity contribution in [1.29, 1.82) is 5.26 Å². The van der Waals surface area contributed by atoms with Gasteiger partial charge in [0.05, 0.1) is 23.3 Å². The molecule has 0 aromatic carbocycles. The number of rotatable bonds is 2. The van der Waals surface area contributed by atoms with E-state index in [9.17, 15) is 4.79 Å². The van der Waals surface area contributed by atoms with Gasteiger partial charge in [0.25, 0.3) is 0 Å². The Morgan fingerprint density at radius 2 is 2.35 bits per heavy atom. The van der Waals surface area contributed by atoms with Gasteiger partial charge in [0.1, 0.15) is 5.65 Å². The van der Waals surface area contributed by atoms with Gasteiger partial charge in [0.2, 0.25) is 0 Å². The first-order valence-corrected chi connectivity index (χ1v) is 7.90. The number of allylic oxidation sites excluding steroid dienone is 2. The number of aromatic amines is 2. The van der Waals surface area contributed by atoms with Gasteiger partial charge in [-0.05, 0) is 31.2 Å². The number of nitrogens with one attached hydrogen (secondary N) is 2. The van der Waals surface area contributed by atoms with Gasteiger partial charge < -0.3 is 9.97 Å². The Bertz CT molecular complexity index is 984. The highest BCUT2D eigenvalue weighted by atomic mass is 16.1. The zero-order valence-corrected chi connectivity index (χ0v) is 12.6. The molecular weight excluding hydrogens is 290 g/mol. The Morgan fingerprint density at radius 3 is 3.22 bits per heavy atom. The van der Waals surface area contributed by atoms with Crippen molar-refractivity contribution in [2.45, 2.75) is 31.7 Å². The van der Waals surface area contributed by atoms with Crippen LogP contribution in [-0.4, -0.2) is 19.5 Å². The third-order valence-corrected chi connectivity index (χ3v) is 4.75. The lowest BCUT2D eigenvalue weighted by molar-refractivity contribution is 0.304. The van der Waals surface area contributed by atoms with Gasteiger partial charge >= 0.3 is 5.69 Å². The summed E-state index contributed by atoms with van der Waals surface area (Å²) in [5.74, 6) is 0.355. The van der Waals surface area contributed by atoms with Crippen LogP contribution in [0.3, 0.4) is 0 Å². The van der Waals surface area contributed by atoms with Crippen LogP contribution in [0.25, 0.3) is 22.1 Å². The molecule has 4 rings (SSSR count). The van der Waals surface area contributed by atoms with Crippen molar-refractivity contribution >= 4 is 22.1 Å². The third-order valence-electron chi connectivity index (χ3n) is 4.75. The molecule has 2 N–H and O–H groups in total. The fourth-order valence-electron chi connectivity index (χ4n) is 3.76. The average molecular weight is 307 g/mol. The Kier molecular flexibility index (Phi) is 3.27. The Balaban J connectivity index is 1.83. The second-order valence-electron chi connectivity index (χ2n) is 6.13.